The van der Waals surface area contributed by atoms with Crippen molar-refractivity contribution in [3.63, 3.8) is 0 Å². The number of urea groups is 1. The molecular weight excluding hydrogens is 456 g/mol. The van der Waals surface area contributed by atoms with Crippen molar-refractivity contribution in [3.8, 4) is 0 Å². The molecule has 4 rings (SSSR count). The molecule has 0 aromatic carbocycles. The highest BCUT2D eigenvalue weighted by Crippen LogP contribution is 2.35. The Balaban J connectivity index is 1.49. The van der Waals surface area contributed by atoms with Gasteiger partial charge in [0.05, 0.1) is 6.20 Å². The average molecular weight is 497 g/mol. The van der Waals surface area contributed by atoms with Crippen molar-refractivity contribution in [2.45, 2.75) is 126 Å². The Kier molecular flexibility index (Phi) is 8.01. The van der Waals surface area contributed by atoms with Gasteiger partial charge in [0.2, 0.25) is 0 Å². The smallest absolute Gasteiger partial charge is 0.319 e. The predicted molar refractivity (Wildman–Crippen MR) is 133 cm³/mol. The van der Waals surface area contributed by atoms with E-state index in [-0.39, 0.29) is 34.4 Å². The van der Waals surface area contributed by atoms with Gasteiger partial charge < -0.3 is 4.90 Å². The fraction of sp³-hybridized carbons (Fsp3) is 0.833. The van der Waals surface area contributed by atoms with Gasteiger partial charge in [-0.15, -0.1) is 0 Å². The second-order valence-electron chi connectivity index (χ2n) is 10.5. The fourth-order valence-electron chi connectivity index (χ4n) is 6.08. The summed E-state index contributed by atoms with van der Waals surface area (Å²) in [7, 11) is -3.62. The van der Waals surface area contributed by atoms with E-state index in [9.17, 15) is 13.2 Å². The molecule has 1 aromatic rings. The van der Waals surface area contributed by atoms with Crippen LogP contribution in [0.1, 0.15) is 97.8 Å². The minimum Gasteiger partial charge on any atom is -0.319 e. The molecule has 0 unspecified atom stereocenters. The van der Waals surface area contributed by atoms with Gasteiger partial charge in [-0.05, 0) is 71.1 Å². The lowest BCUT2D eigenvalue weighted by Gasteiger charge is -2.42. The van der Waals surface area contributed by atoms with Gasteiger partial charge >= 0.3 is 6.03 Å². The molecule has 0 spiro atoms. The number of sulfonamides is 1. The first-order valence-corrected chi connectivity index (χ1v) is 15.1. The van der Waals surface area contributed by atoms with Crippen molar-refractivity contribution in [2.24, 2.45) is 5.92 Å². The molecule has 7 nitrogen and oxygen atoms in total. The molecule has 1 aliphatic heterocycles. The molecular formula is C24H40N4O3S2. The van der Waals surface area contributed by atoms with Crippen LogP contribution in [0.15, 0.2) is 10.4 Å². The Morgan fingerprint density at radius 1 is 0.939 bits per heavy atom. The lowest BCUT2D eigenvalue weighted by molar-refractivity contribution is 0.105. The summed E-state index contributed by atoms with van der Waals surface area (Å²) in [5.41, 5.74) is 0. The number of piperidine rings is 1. The molecule has 3 aliphatic rings. The summed E-state index contributed by atoms with van der Waals surface area (Å²) in [6, 6.07) is 0.390. The van der Waals surface area contributed by atoms with Gasteiger partial charge in [0.25, 0.3) is 10.0 Å². The number of carbonyl (C=O) groups is 1. The van der Waals surface area contributed by atoms with Crippen LogP contribution >= 0.6 is 11.3 Å². The minimum absolute atomic E-state index is 0.0191. The first-order chi connectivity index (χ1) is 15.8. The summed E-state index contributed by atoms with van der Waals surface area (Å²) in [6.07, 6.45) is 14.3. The van der Waals surface area contributed by atoms with Crippen LogP contribution in [-0.2, 0) is 10.0 Å². The maximum Gasteiger partial charge on any atom is 0.324 e. The van der Waals surface area contributed by atoms with E-state index in [4.69, 9.17) is 0 Å². The zero-order valence-electron chi connectivity index (χ0n) is 20.3. The highest BCUT2D eigenvalue weighted by Gasteiger charge is 2.38. The van der Waals surface area contributed by atoms with Gasteiger partial charge in [-0.25, -0.2) is 18.2 Å². The predicted octanol–water partition coefficient (Wildman–Crippen LogP) is 5.84. The topological polar surface area (TPSA) is 82.6 Å². The van der Waals surface area contributed by atoms with Crippen molar-refractivity contribution in [2.75, 3.05) is 5.32 Å². The van der Waals surface area contributed by atoms with Crippen LogP contribution in [0.5, 0.6) is 0 Å². The van der Waals surface area contributed by atoms with E-state index in [1.165, 1.54) is 25.5 Å². The summed E-state index contributed by atoms with van der Waals surface area (Å²) in [5, 5.41) is 3.35. The zero-order valence-corrected chi connectivity index (χ0v) is 22.0. The van der Waals surface area contributed by atoms with Crippen LogP contribution in [0.2, 0.25) is 0 Å². The third-order valence-corrected chi connectivity index (χ3v) is 11.4. The quantitative estimate of drug-likeness (QED) is 0.555. The lowest BCUT2D eigenvalue weighted by atomic mass is 9.84. The van der Waals surface area contributed by atoms with Crippen LogP contribution in [0, 0.1) is 5.92 Å². The summed E-state index contributed by atoms with van der Waals surface area (Å²) in [4.78, 5) is 19.9. The molecule has 33 heavy (non-hydrogen) atoms. The number of carbonyl (C=O) groups excluding carboxylic acids is 1. The molecule has 1 saturated heterocycles. The van der Waals surface area contributed by atoms with E-state index in [2.05, 4.69) is 22.1 Å². The zero-order chi connectivity index (χ0) is 23.6. The van der Waals surface area contributed by atoms with Crippen molar-refractivity contribution in [3.05, 3.63) is 6.20 Å². The Morgan fingerprint density at radius 2 is 1.55 bits per heavy atom. The molecule has 1 N–H and O–H groups in total. The number of nitrogens with zero attached hydrogens (tertiary/aromatic N) is 3. The SMILES string of the molecule is C[C@@H]1CCC[C@H](C)N1S(=O)(=O)c1cnc(NC(=O)N(C2CCCCC2)[C@H]2CC[C@H](C)CC2)s1. The third kappa shape index (κ3) is 5.56. The first-order valence-electron chi connectivity index (χ1n) is 12.9. The number of aromatic nitrogens is 1. The monoisotopic (exact) mass is 496 g/mol. The summed E-state index contributed by atoms with van der Waals surface area (Å²) >= 11 is 1.08. The molecule has 9 heteroatoms. The van der Waals surface area contributed by atoms with E-state index < -0.39 is 10.0 Å². The second kappa shape index (κ2) is 10.6. The Bertz CT molecular complexity index is 895. The summed E-state index contributed by atoms with van der Waals surface area (Å²) in [5.74, 6) is 0.726. The maximum absolute atomic E-state index is 13.5. The average Bonchev–Trinajstić information content (AvgIpc) is 3.25. The molecule has 2 saturated carbocycles. The van der Waals surface area contributed by atoms with Gasteiger partial charge in [-0.3, -0.25) is 5.32 Å². The number of thiazole rings is 1. The number of hydrogen-bond acceptors (Lipinski definition) is 5. The van der Waals surface area contributed by atoms with Crippen LogP contribution in [-0.4, -0.2) is 52.8 Å². The van der Waals surface area contributed by atoms with Gasteiger partial charge in [0.15, 0.2) is 9.34 Å². The second-order valence-corrected chi connectivity index (χ2v) is 13.6. The highest BCUT2D eigenvalue weighted by molar-refractivity contribution is 7.91. The van der Waals surface area contributed by atoms with Crippen LogP contribution < -0.4 is 5.32 Å². The van der Waals surface area contributed by atoms with E-state index in [1.807, 2.05) is 13.8 Å². The van der Waals surface area contributed by atoms with Crippen LogP contribution in [0.25, 0.3) is 0 Å². The molecule has 186 valence electrons. The maximum atomic E-state index is 13.5. The molecule has 3 fully saturated rings. The van der Waals surface area contributed by atoms with Gasteiger partial charge in [0, 0.05) is 24.2 Å². The fourth-order valence-corrected chi connectivity index (χ4v) is 9.09. The minimum atomic E-state index is -3.62. The Labute approximate surface area is 203 Å². The largest absolute Gasteiger partial charge is 0.324 e. The lowest BCUT2D eigenvalue weighted by Crippen LogP contribution is -2.51. The Hall–Kier alpha value is -1.19. The number of rotatable bonds is 5. The molecule has 1 aromatic heterocycles. The van der Waals surface area contributed by atoms with E-state index in [0.29, 0.717) is 5.13 Å². The summed E-state index contributed by atoms with van der Waals surface area (Å²) in [6.45, 7) is 6.25. The molecule has 0 bridgehead atoms. The molecule has 0 radical (unpaired) electrons. The number of nitrogens with one attached hydrogen (secondary N) is 1. The Morgan fingerprint density at radius 3 is 2.18 bits per heavy atom. The normalized spacial score (nSPS) is 30.2. The van der Waals surface area contributed by atoms with Gasteiger partial charge in [-0.1, -0.05) is 43.9 Å². The van der Waals surface area contributed by atoms with Gasteiger partial charge in [0.1, 0.15) is 0 Å². The molecule has 2 amide bonds. The van der Waals surface area contributed by atoms with Crippen molar-refractivity contribution < 1.29 is 13.2 Å². The van der Waals surface area contributed by atoms with Crippen LogP contribution in [0.3, 0.4) is 0 Å². The van der Waals surface area contributed by atoms with Gasteiger partial charge in [-0.2, -0.15) is 4.31 Å². The first kappa shape index (κ1) is 24.9. The standard InChI is InChI=1S/C24H40N4O3S2/c1-17-12-14-21(15-13-17)27(20-10-5-4-6-11-20)24(29)26-23-25-16-22(32-23)33(30,31)28-18(2)8-7-9-19(28)3/h16-21H,4-15H2,1-3H3,(H,25,26,29)/t17-,18-,19+,21-. The number of amides is 2. The van der Waals surface area contributed by atoms with Crippen molar-refractivity contribution in [1.82, 2.24) is 14.2 Å². The number of hydrogen-bond donors (Lipinski definition) is 1. The summed E-state index contributed by atoms with van der Waals surface area (Å²) < 4.78 is 28.5. The van der Waals surface area contributed by atoms with Crippen molar-refractivity contribution >= 4 is 32.5 Å². The van der Waals surface area contributed by atoms with Crippen LogP contribution in [0.4, 0.5) is 9.93 Å². The number of anilines is 1. The van der Waals surface area contributed by atoms with Crippen molar-refractivity contribution in [1.29, 1.82) is 0 Å². The van der Waals surface area contributed by atoms with E-state index in [1.54, 1.807) is 4.31 Å². The molecule has 2 aliphatic carbocycles. The third-order valence-electron chi connectivity index (χ3n) is 7.92. The highest BCUT2D eigenvalue weighted by atomic mass is 32.2. The molecule has 2 atom stereocenters. The molecule has 2 heterocycles. The van der Waals surface area contributed by atoms with E-state index >= 15 is 0 Å². The van der Waals surface area contributed by atoms with E-state index in [0.717, 1.165) is 75.0 Å².